The summed E-state index contributed by atoms with van der Waals surface area (Å²) in [5, 5.41) is 43.2. The fourth-order valence-corrected chi connectivity index (χ4v) is 5.50. The molecule has 0 radical (unpaired) electrons. The van der Waals surface area contributed by atoms with Crippen LogP contribution in [0.1, 0.15) is 28.5 Å². The van der Waals surface area contributed by atoms with Crippen molar-refractivity contribution in [3.05, 3.63) is 102 Å². The number of pyridine rings is 1. The molecule has 1 atom stereocenters. The molecule has 0 bridgehead atoms. The molecule has 0 saturated carbocycles. The molecule has 4 aromatic rings. The molecule has 42 heavy (non-hydrogen) atoms. The first-order chi connectivity index (χ1) is 20.2. The molecule has 0 aliphatic rings. The third-order valence-electron chi connectivity index (χ3n) is 6.36. The van der Waals surface area contributed by atoms with Crippen LogP contribution >= 0.6 is 0 Å². The van der Waals surface area contributed by atoms with Crippen LogP contribution in [0.2, 0.25) is 0 Å². The van der Waals surface area contributed by atoms with E-state index in [1.807, 2.05) is 0 Å². The topological polar surface area (TPSA) is 156 Å². The van der Waals surface area contributed by atoms with Gasteiger partial charge >= 0.3 is 0 Å². The summed E-state index contributed by atoms with van der Waals surface area (Å²) < 4.78 is 27.9. The van der Waals surface area contributed by atoms with Crippen LogP contribution in [-0.4, -0.2) is 45.3 Å². The number of carbonyl (C=O) groups excluding carboxylic acids is 1. The highest BCUT2D eigenvalue weighted by molar-refractivity contribution is 7.91. The van der Waals surface area contributed by atoms with Crippen LogP contribution in [0.4, 0.5) is 15.8 Å². The molecule has 0 fully saturated rings. The number of benzene rings is 3. The van der Waals surface area contributed by atoms with Crippen molar-refractivity contribution < 1.29 is 24.0 Å². The van der Waals surface area contributed by atoms with E-state index in [0.29, 0.717) is 28.7 Å². The lowest BCUT2D eigenvalue weighted by Gasteiger charge is -2.27. The van der Waals surface area contributed by atoms with Crippen molar-refractivity contribution in [2.24, 2.45) is 0 Å². The van der Waals surface area contributed by atoms with Gasteiger partial charge in [-0.25, -0.2) is 9.37 Å². The van der Waals surface area contributed by atoms with E-state index in [-0.39, 0.29) is 39.0 Å². The molecule has 9 nitrogen and oxygen atoms in total. The Bertz CT molecular complexity index is 1720. The average molecular weight is 584 g/mol. The van der Waals surface area contributed by atoms with E-state index >= 15 is 0 Å². The van der Waals surface area contributed by atoms with Crippen molar-refractivity contribution in [3.63, 3.8) is 0 Å². The third-order valence-corrected chi connectivity index (χ3v) is 7.81. The molecule has 3 aromatic carbocycles. The summed E-state index contributed by atoms with van der Waals surface area (Å²) >= 11 is -2.15. The maximum absolute atomic E-state index is 14.1. The fourth-order valence-electron chi connectivity index (χ4n) is 4.39. The number of hydrogen-bond donors (Lipinski definition) is 4. The van der Waals surface area contributed by atoms with Gasteiger partial charge in [-0.1, -0.05) is 18.2 Å². The zero-order valence-corrected chi connectivity index (χ0v) is 23.4. The van der Waals surface area contributed by atoms with E-state index in [1.165, 1.54) is 36.5 Å². The van der Waals surface area contributed by atoms with Crippen LogP contribution in [0.15, 0.2) is 88.8 Å². The Morgan fingerprint density at radius 1 is 1.19 bits per heavy atom. The zero-order valence-electron chi connectivity index (χ0n) is 22.6. The summed E-state index contributed by atoms with van der Waals surface area (Å²) in [6, 6.07) is 19.0. The van der Waals surface area contributed by atoms with Crippen molar-refractivity contribution in [1.82, 2.24) is 10.3 Å². The first-order valence-corrected chi connectivity index (χ1v) is 13.8. The number of halogens is 1. The summed E-state index contributed by atoms with van der Waals surface area (Å²) in [7, 11) is 1.64. The van der Waals surface area contributed by atoms with E-state index in [2.05, 4.69) is 16.4 Å². The van der Waals surface area contributed by atoms with Gasteiger partial charge in [-0.3, -0.25) is 10.2 Å². The molecular formula is C31H26FN5O4S. The highest BCUT2D eigenvalue weighted by atomic mass is 32.2. The summed E-state index contributed by atoms with van der Waals surface area (Å²) in [5.41, 5.74) is 1.41. The summed E-state index contributed by atoms with van der Waals surface area (Å²) in [6.45, 7) is 2.05. The largest absolute Gasteiger partial charge is 0.606 e. The summed E-state index contributed by atoms with van der Waals surface area (Å²) in [6.07, 6.45) is 3.30. The van der Waals surface area contributed by atoms with Gasteiger partial charge in [0.1, 0.15) is 17.2 Å². The number of aldehydes is 1. The molecular weight excluding hydrogens is 557 g/mol. The Labute approximate surface area is 244 Å². The first-order valence-electron chi connectivity index (χ1n) is 12.7. The molecule has 212 valence electrons. The number of allylic oxidation sites excluding steroid dienone is 1. The number of anilines is 2. The third kappa shape index (κ3) is 5.81. The predicted molar refractivity (Wildman–Crippen MR) is 158 cm³/mol. The lowest BCUT2D eigenvalue weighted by molar-refractivity contribution is 0.112. The van der Waals surface area contributed by atoms with E-state index in [0.717, 1.165) is 0 Å². The van der Waals surface area contributed by atoms with Gasteiger partial charge in [0.15, 0.2) is 11.2 Å². The van der Waals surface area contributed by atoms with Crippen molar-refractivity contribution in [1.29, 1.82) is 10.7 Å². The first kappa shape index (κ1) is 29.8. The van der Waals surface area contributed by atoms with Gasteiger partial charge in [-0.2, -0.15) is 5.26 Å². The number of carbonyl (C=O) groups is 1. The molecule has 4 N–H and O–H groups in total. The number of aromatic hydroxyl groups is 2. The summed E-state index contributed by atoms with van der Waals surface area (Å²) in [4.78, 5) is 17.0. The molecule has 4 rings (SSSR count). The molecule has 0 aliphatic carbocycles. The van der Waals surface area contributed by atoms with Gasteiger partial charge in [0.25, 0.3) is 10.8 Å². The average Bonchev–Trinajstić information content (AvgIpc) is 3.01. The number of nitriles is 1. The molecule has 1 unspecified atom stereocenters. The van der Waals surface area contributed by atoms with Gasteiger partial charge in [0, 0.05) is 30.5 Å². The second-order valence-corrected chi connectivity index (χ2v) is 10.3. The normalized spacial score (nSPS) is 11.6. The van der Waals surface area contributed by atoms with Crippen LogP contribution in [0.3, 0.4) is 0 Å². The highest BCUT2D eigenvalue weighted by Crippen LogP contribution is 2.45. The maximum Gasteiger partial charge on any atom is 0.273 e. The van der Waals surface area contributed by atoms with Crippen molar-refractivity contribution in [2.45, 2.75) is 16.7 Å². The van der Waals surface area contributed by atoms with E-state index in [9.17, 15) is 29.2 Å². The van der Waals surface area contributed by atoms with E-state index in [4.69, 9.17) is 5.41 Å². The Kier molecular flexibility index (Phi) is 9.22. The number of rotatable bonds is 10. The standard InChI is InChI=1S/C31H26FN5O4S/c1-3-37(21-7-4-6-19(16-21)17-33)28-27(26(34)14-15-35-2)36-31(40)30(29(28)39)42(41)22-12-10-20(11-13-22)23-8-5-9-25(32)24(23)18-38/h4-16,18,34-35H,3H2,1-2H3,(H2,36,39,40)/b15-14-,34-26?. The lowest BCUT2D eigenvalue weighted by atomic mass is 10.0. The second-order valence-electron chi connectivity index (χ2n) is 8.86. The minimum absolute atomic E-state index is 0.0199. The molecule has 0 amide bonds. The fraction of sp³-hybridized carbons (Fsp3) is 0.0968. The number of nitrogens with one attached hydrogen (secondary N) is 2. The molecule has 0 spiro atoms. The monoisotopic (exact) mass is 583 g/mol. The Hall–Kier alpha value is -5.18. The minimum Gasteiger partial charge on any atom is -0.606 e. The smallest absolute Gasteiger partial charge is 0.273 e. The predicted octanol–water partition coefficient (Wildman–Crippen LogP) is 5.41. The van der Waals surface area contributed by atoms with Crippen LogP contribution in [0.5, 0.6) is 11.6 Å². The van der Waals surface area contributed by atoms with Crippen LogP contribution < -0.4 is 10.2 Å². The minimum atomic E-state index is -2.15. The zero-order chi connectivity index (χ0) is 30.4. The SMILES string of the molecule is CCN(c1cccc(C#N)c1)c1c(C(=N)/C=C\NC)nc(O)c([S+]([O-])c2ccc(-c3cccc(F)c3C=O)cc2)c1O. The van der Waals surface area contributed by atoms with Crippen molar-refractivity contribution in [2.75, 3.05) is 18.5 Å². The van der Waals surface area contributed by atoms with Crippen molar-refractivity contribution in [3.8, 4) is 28.8 Å². The van der Waals surface area contributed by atoms with Gasteiger partial charge in [0.05, 0.1) is 22.9 Å². The highest BCUT2D eigenvalue weighted by Gasteiger charge is 2.33. The van der Waals surface area contributed by atoms with Gasteiger partial charge < -0.3 is 25.0 Å². The Morgan fingerprint density at radius 3 is 2.55 bits per heavy atom. The Balaban J connectivity index is 1.86. The van der Waals surface area contributed by atoms with Crippen LogP contribution in [0.25, 0.3) is 11.1 Å². The molecule has 0 saturated heterocycles. The number of aromatic nitrogens is 1. The van der Waals surface area contributed by atoms with Crippen molar-refractivity contribution >= 4 is 34.5 Å². The number of nitrogens with zero attached hydrogens (tertiary/aromatic N) is 3. The lowest BCUT2D eigenvalue weighted by Crippen LogP contribution is -2.21. The van der Waals surface area contributed by atoms with Gasteiger partial charge in [0.2, 0.25) is 5.75 Å². The second kappa shape index (κ2) is 13.0. The van der Waals surface area contributed by atoms with Crippen LogP contribution in [-0.2, 0) is 11.2 Å². The van der Waals surface area contributed by atoms with Gasteiger partial charge in [-0.05, 0) is 78.9 Å². The van der Waals surface area contributed by atoms with E-state index in [1.54, 1.807) is 61.3 Å². The summed E-state index contributed by atoms with van der Waals surface area (Å²) in [5.74, 6) is -1.95. The van der Waals surface area contributed by atoms with Crippen LogP contribution in [0, 0.1) is 22.6 Å². The maximum atomic E-state index is 14.1. The number of hydrogen-bond acceptors (Lipinski definition) is 9. The molecule has 0 aliphatic heterocycles. The molecule has 1 aromatic heterocycles. The molecule has 1 heterocycles. The quantitative estimate of drug-likeness (QED) is 0.110. The Morgan fingerprint density at radius 2 is 1.90 bits per heavy atom. The molecule has 11 heteroatoms. The van der Waals surface area contributed by atoms with E-state index < -0.39 is 28.6 Å². The van der Waals surface area contributed by atoms with Gasteiger partial charge in [-0.15, -0.1) is 0 Å².